The minimum Gasteiger partial charge on any atom is -0.374 e. The number of likely N-dealkylation sites (N-methyl/N-ethyl adjacent to an activating group) is 1. The summed E-state index contributed by atoms with van der Waals surface area (Å²) in [6, 6.07) is 17.3. The Kier molecular flexibility index (Phi) is 3.82. The fourth-order valence-corrected chi connectivity index (χ4v) is 4.25. The first kappa shape index (κ1) is 14.1. The number of anilines is 2. The lowest BCUT2D eigenvalue weighted by Crippen LogP contribution is -2.45. The second-order valence-electron chi connectivity index (χ2n) is 5.90. The van der Waals surface area contributed by atoms with Gasteiger partial charge in [-0.2, -0.15) is 0 Å². The summed E-state index contributed by atoms with van der Waals surface area (Å²) in [5.41, 5.74) is 2.59. The van der Waals surface area contributed by atoms with E-state index >= 15 is 0 Å². The first-order chi connectivity index (χ1) is 10.8. The maximum absolute atomic E-state index is 5.99. The van der Waals surface area contributed by atoms with Crippen LogP contribution in [0.3, 0.4) is 0 Å². The highest BCUT2D eigenvalue weighted by molar-refractivity contribution is 7.99. The van der Waals surface area contributed by atoms with Crippen molar-refractivity contribution in [3.8, 4) is 0 Å². The summed E-state index contributed by atoms with van der Waals surface area (Å²) >= 11 is 1.86. The molecule has 3 nitrogen and oxygen atoms in total. The Morgan fingerprint density at radius 3 is 2.32 bits per heavy atom. The van der Waals surface area contributed by atoms with Crippen LogP contribution in [0.4, 0.5) is 11.4 Å². The van der Waals surface area contributed by atoms with Crippen LogP contribution in [0.2, 0.25) is 0 Å². The second-order valence-corrected chi connectivity index (χ2v) is 6.99. The third-order valence-electron chi connectivity index (χ3n) is 4.26. The number of nitrogens with zero attached hydrogens (tertiary/aromatic N) is 2. The van der Waals surface area contributed by atoms with Gasteiger partial charge in [-0.15, -0.1) is 0 Å². The molecule has 0 amide bonds. The average Bonchev–Trinajstić information content (AvgIpc) is 2.55. The summed E-state index contributed by atoms with van der Waals surface area (Å²) in [4.78, 5) is 7.42. The molecule has 0 radical (unpaired) electrons. The molecule has 1 saturated heterocycles. The van der Waals surface area contributed by atoms with Crippen LogP contribution in [0.25, 0.3) is 0 Å². The van der Waals surface area contributed by atoms with Gasteiger partial charge in [0.2, 0.25) is 0 Å². The van der Waals surface area contributed by atoms with Gasteiger partial charge < -0.3 is 14.5 Å². The lowest BCUT2D eigenvalue weighted by molar-refractivity contribution is -0.0138. The number of ether oxygens (including phenoxy) is 1. The molecule has 2 aliphatic rings. The maximum atomic E-state index is 5.99. The lowest BCUT2D eigenvalue weighted by Gasteiger charge is -2.38. The van der Waals surface area contributed by atoms with Crippen LogP contribution >= 0.6 is 11.8 Å². The van der Waals surface area contributed by atoms with Crippen molar-refractivity contribution in [2.45, 2.75) is 15.9 Å². The number of benzene rings is 2. The van der Waals surface area contributed by atoms with E-state index in [9.17, 15) is 0 Å². The molecule has 22 heavy (non-hydrogen) atoms. The van der Waals surface area contributed by atoms with Gasteiger partial charge in [-0.1, -0.05) is 36.0 Å². The molecule has 0 spiro atoms. The SMILES string of the molecule is CN1CCOC(CN2c3ccccc3Sc3ccccc32)C1. The van der Waals surface area contributed by atoms with E-state index in [1.54, 1.807) is 0 Å². The Hall–Kier alpha value is -1.49. The van der Waals surface area contributed by atoms with Gasteiger partial charge in [-0.25, -0.2) is 0 Å². The quantitative estimate of drug-likeness (QED) is 0.841. The third kappa shape index (κ3) is 2.62. The molecule has 2 aromatic carbocycles. The molecule has 0 saturated carbocycles. The maximum Gasteiger partial charge on any atom is 0.0881 e. The van der Waals surface area contributed by atoms with E-state index in [1.165, 1.54) is 21.2 Å². The van der Waals surface area contributed by atoms with Gasteiger partial charge in [0.1, 0.15) is 0 Å². The first-order valence-corrected chi connectivity index (χ1v) is 8.56. The minimum atomic E-state index is 0.253. The first-order valence-electron chi connectivity index (χ1n) is 7.75. The van der Waals surface area contributed by atoms with Gasteiger partial charge in [0, 0.05) is 22.9 Å². The van der Waals surface area contributed by atoms with Gasteiger partial charge >= 0.3 is 0 Å². The van der Waals surface area contributed by atoms with Gasteiger partial charge in [0.25, 0.3) is 0 Å². The molecule has 1 fully saturated rings. The van der Waals surface area contributed by atoms with Crippen molar-refractivity contribution in [3.05, 3.63) is 48.5 Å². The van der Waals surface area contributed by atoms with Gasteiger partial charge in [-0.05, 0) is 31.3 Å². The van der Waals surface area contributed by atoms with E-state index in [0.29, 0.717) is 0 Å². The van der Waals surface area contributed by atoms with Crippen molar-refractivity contribution in [3.63, 3.8) is 0 Å². The van der Waals surface area contributed by atoms with Crippen LogP contribution in [0.5, 0.6) is 0 Å². The highest BCUT2D eigenvalue weighted by Gasteiger charge is 2.27. The summed E-state index contributed by atoms with van der Waals surface area (Å²) in [5, 5.41) is 0. The van der Waals surface area contributed by atoms with Crippen LogP contribution in [0.15, 0.2) is 58.3 Å². The highest BCUT2D eigenvalue weighted by atomic mass is 32.2. The topological polar surface area (TPSA) is 15.7 Å². The number of morpholine rings is 1. The molecule has 4 rings (SSSR count). The summed E-state index contributed by atoms with van der Waals surface area (Å²) < 4.78 is 5.99. The zero-order valence-corrected chi connectivity index (χ0v) is 13.6. The Morgan fingerprint density at radius 1 is 1.05 bits per heavy atom. The molecule has 0 aromatic heterocycles. The molecule has 1 unspecified atom stereocenters. The van der Waals surface area contributed by atoms with Crippen LogP contribution in [-0.4, -0.2) is 44.3 Å². The van der Waals surface area contributed by atoms with Crippen molar-refractivity contribution in [2.24, 2.45) is 0 Å². The summed E-state index contributed by atoms with van der Waals surface area (Å²) in [5.74, 6) is 0. The largest absolute Gasteiger partial charge is 0.374 e. The van der Waals surface area contributed by atoms with Gasteiger partial charge in [0.05, 0.1) is 30.6 Å². The molecule has 2 aromatic rings. The van der Waals surface area contributed by atoms with Crippen LogP contribution < -0.4 is 4.90 Å². The molecule has 1 atom stereocenters. The van der Waals surface area contributed by atoms with E-state index in [-0.39, 0.29) is 6.10 Å². The second kappa shape index (κ2) is 5.95. The Morgan fingerprint density at radius 2 is 1.68 bits per heavy atom. The van der Waals surface area contributed by atoms with Gasteiger partial charge in [0.15, 0.2) is 0 Å². The molecular formula is C18H20N2OS. The normalized spacial score (nSPS) is 21.3. The van der Waals surface area contributed by atoms with Crippen molar-refractivity contribution >= 4 is 23.1 Å². The predicted octanol–water partition coefficient (Wildman–Crippen LogP) is 3.62. The molecular weight excluding hydrogens is 292 g/mol. The predicted molar refractivity (Wildman–Crippen MR) is 91.3 cm³/mol. The van der Waals surface area contributed by atoms with E-state index in [0.717, 1.165) is 26.2 Å². The molecule has 4 heteroatoms. The highest BCUT2D eigenvalue weighted by Crippen LogP contribution is 2.47. The van der Waals surface area contributed by atoms with Crippen LogP contribution in [0, 0.1) is 0 Å². The van der Waals surface area contributed by atoms with Crippen molar-refractivity contribution in [2.75, 3.05) is 38.2 Å². The van der Waals surface area contributed by atoms with Crippen molar-refractivity contribution < 1.29 is 4.74 Å². The molecule has 114 valence electrons. The Labute approximate surface area is 135 Å². The zero-order valence-electron chi connectivity index (χ0n) is 12.7. The third-order valence-corrected chi connectivity index (χ3v) is 5.39. The van der Waals surface area contributed by atoms with E-state index in [2.05, 4.69) is 65.4 Å². The Balaban J connectivity index is 1.68. The number of hydrogen-bond donors (Lipinski definition) is 0. The van der Waals surface area contributed by atoms with E-state index < -0.39 is 0 Å². The number of rotatable bonds is 2. The number of para-hydroxylation sites is 2. The Bertz CT molecular complexity index is 630. The number of fused-ring (bicyclic) bond motifs is 2. The van der Waals surface area contributed by atoms with E-state index in [4.69, 9.17) is 4.74 Å². The van der Waals surface area contributed by atoms with Crippen LogP contribution in [-0.2, 0) is 4.74 Å². The standard InChI is InChI=1S/C18H20N2OS/c1-19-10-11-21-14(12-19)13-20-15-6-2-4-8-17(15)22-18-9-5-3-7-16(18)20/h2-9,14H,10-13H2,1H3. The minimum absolute atomic E-state index is 0.253. The van der Waals surface area contributed by atoms with Crippen LogP contribution in [0.1, 0.15) is 0 Å². The average molecular weight is 312 g/mol. The smallest absolute Gasteiger partial charge is 0.0881 e. The lowest BCUT2D eigenvalue weighted by atomic mass is 10.2. The molecule has 0 N–H and O–H groups in total. The van der Waals surface area contributed by atoms with Gasteiger partial charge in [-0.3, -0.25) is 0 Å². The fourth-order valence-electron chi connectivity index (χ4n) is 3.16. The zero-order chi connectivity index (χ0) is 14.9. The molecule has 2 aliphatic heterocycles. The summed E-state index contributed by atoms with van der Waals surface area (Å²) in [6.45, 7) is 3.75. The monoisotopic (exact) mass is 312 g/mol. The fraction of sp³-hybridized carbons (Fsp3) is 0.333. The molecule has 0 aliphatic carbocycles. The summed E-state index contributed by atoms with van der Waals surface area (Å²) in [6.07, 6.45) is 0.253. The van der Waals surface area contributed by atoms with Crippen molar-refractivity contribution in [1.29, 1.82) is 0 Å². The molecule has 2 heterocycles. The summed E-state index contributed by atoms with van der Waals surface area (Å²) in [7, 11) is 2.17. The molecule has 0 bridgehead atoms. The van der Waals surface area contributed by atoms with Crippen molar-refractivity contribution in [1.82, 2.24) is 4.90 Å². The number of hydrogen-bond acceptors (Lipinski definition) is 4. The van der Waals surface area contributed by atoms with E-state index in [1.807, 2.05) is 11.8 Å².